The molecule has 0 aromatic heterocycles. The van der Waals surface area contributed by atoms with Crippen LogP contribution in [0.15, 0.2) is 60.7 Å². The minimum atomic E-state index is 0.133. The van der Waals surface area contributed by atoms with Gasteiger partial charge in [0.25, 0.3) is 0 Å². The van der Waals surface area contributed by atoms with E-state index in [0.717, 1.165) is 46.6 Å². The van der Waals surface area contributed by atoms with Crippen molar-refractivity contribution in [3.05, 3.63) is 93.0 Å². The average molecular weight is 429 g/mol. The number of methoxy groups -OCH3 is 2. The van der Waals surface area contributed by atoms with Crippen LogP contribution >= 0.6 is 23.2 Å². The van der Waals surface area contributed by atoms with Gasteiger partial charge in [-0.3, -0.25) is 0 Å². The molecule has 3 aromatic rings. The van der Waals surface area contributed by atoms with Gasteiger partial charge in [-0.2, -0.15) is 0 Å². The number of quaternary nitrogens is 1. The molecule has 5 heteroatoms. The molecule has 1 aliphatic rings. The van der Waals surface area contributed by atoms with Gasteiger partial charge < -0.3 is 14.4 Å². The van der Waals surface area contributed by atoms with Crippen molar-refractivity contribution in [2.24, 2.45) is 0 Å². The Morgan fingerprint density at radius 2 is 1.69 bits per heavy atom. The molecule has 150 valence electrons. The van der Waals surface area contributed by atoms with Gasteiger partial charge in [0.05, 0.1) is 20.8 Å². The lowest BCUT2D eigenvalue weighted by Crippen LogP contribution is -3.12. The first kappa shape index (κ1) is 20.1. The van der Waals surface area contributed by atoms with Gasteiger partial charge in [0.2, 0.25) is 0 Å². The van der Waals surface area contributed by atoms with E-state index in [4.69, 9.17) is 32.7 Å². The standard InChI is InChI=1S/C24H23Cl2NO2/c1-28-22-13-16-10-11-27(15-18-6-3-4-9-21(18)26)24(20(16)14-23(22)29-2)17-7-5-8-19(25)12-17/h3-9,12-14,24H,10-11,15H2,1-2H3/p+1/t24-/m0/s1. The molecule has 0 saturated heterocycles. The van der Waals surface area contributed by atoms with Crippen molar-refractivity contribution in [3.63, 3.8) is 0 Å². The number of ether oxygens (including phenoxy) is 2. The minimum Gasteiger partial charge on any atom is -0.493 e. The fourth-order valence-corrected chi connectivity index (χ4v) is 4.66. The fourth-order valence-electron chi connectivity index (χ4n) is 4.26. The van der Waals surface area contributed by atoms with Gasteiger partial charge in [0.1, 0.15) is 12.6 Å². The van der Waals surface area contributed by atoms with E-state index in [-0.39, 0.29) is 6.04 Å². The van der Waals surface area contributed by atoms with E-state index >= 15 is 0 Å². The summed E-state index contributed by atoms with van der Waals surface area (Å²) in [5.74, 6) is 1.52. The highest BCUT2D eigenvalue weighted by Gasteiger charge is 2.34. The molecule has 1 N–H and O–H groups in total. The summed E-state index contributed by atoms with van der Waals surface area (Å²) in [6.07, 6.45) is 0.965. The third-order valence-electron chi connectivity index (χ3n) is 5.64. The highest BCUT2D eigenvalue weighted by Crippen LogP contribution is 2.36. The Balaban J connectivity index is 1.82. The van der Waals surface area contributed by atoms with Gasteiger partial charge >= 0.3 is 0 Å². The normalized spacial score (nSPS) is 18.2. The van der Waals surface area contributed by atoms with Crippen LogP contribution < -0.4 is 14.4 Å². The maximum atomic E-state index is 6.48. The average Bonchev–Trinajstić information content (AvgIpc) is 2.74. The summed E-state index contributed by atoms with van der Waals surface area (Å²) in [7, 11) is 3.35. The quantitative estimate of drug-likeness (QED) is 0.633. The second kappa shape index (κ2) is 8.66. The van der Waals surface area contributed by atoms with Crippen LogP contribution in [0.5, 0.6) is 11.5 Å². The Hall–Kier alpha value is -2.20. The van der Waals surface area contributed by atoms with Crippen molar-refractivity contribution in [1.82, 2.24) is 0 Å². The summed E-state index contributed by atoms with van der Waals surface area (Å²) in [4.78, 5) is 1.43. The highest BCUT2D eigenvalue weighted by molar-refractivity contribution is 6.31. The third-order valence-corrected chi connectivity index (χ3v) is 6.24. The molecule has 0 bridgehead atoms. The topological polar surface area (TPSA) is 22.9 Å². The zero-order chi connectivity index (χ0) is 20.4. The molecule has 3 aromatic carbocycles. The molecule has 0 amide bonds. The molecule has 3 nitrogen and oxygen atoms in total. The molecule has 0 radical (unpaired) electrons. The third kappa shape index (κ3) is 4.09. The molecule has 0 spiro atoms. The molecule has 0 aliphatic carbocycles. The number of benzene rings is 3. The van der Waals surface area contributed by atoms with Crippen molar-refractivity contribution in [2.75, 3.05) is 20.8 Å². The van der Waals surface area contributed by atoms with Crippen molar-refractivity contribution in [1.29, 1.82) is 0 Å². The summed E-state index contributed by atoms with van der Waals surface area (Å²) in [5, 5.41) is 1.55. The second-order valence-corrected chi connectivity index (χ2v) is 8.16. The predicted octanol–water partition coefficient (Wildman–Crippen LogP) is 4.74. The van der Waals surface area contributed by atoms with E-state index in [0.29, 0.717) is 0 Å². The Labute approximate surface area is 181 Å². The van der Waals surface area contributed by atoms with Crippen LogP contribution in [-0.2, 0) is 13.0 Å². The van der Waals surface area contributed by atoms with E-state index in [9.17, 15) is 0 Å². The largest absolute Gasteiger partial charge is 0.493 e. The smallest absolute Gasteiger partial charge is 0.161 e. The van der Waals surface area contributed by atoms with Crippen LogP contribution in [0.25, 0.3) is 0 Å². The van der Waals surface area contributed by atoms with Gasteiger partial charge in [0, 0.05) is 33.2 Å². The first-order chi connectivity index (χ1) is 14.1. The number of halogens is 2. The first-order valence-corrected chi connectivity index (χ1v) is 10.4. The van der Waals surface area contributed by atoms with Gasteiger partial charge in [-0.15, -0.1) is 0 Å². The predicted molar refractivity (Wildman–Crippen MR) is 118 cm³/mol. The van der Waals surface area contributed by atoms with Crippen LogP contribution in [0.3, 0.4) is 0 Å². The molecule has 29 heavy (non-hydrogen) atoms. The summed E-state index contributed by atoms with van der Waals surface area (Å²) in [5.41, 5.74) is 4.88. The highest BCUT2D eigenvalue weighted by atomic mass is 35.5. The monoisotopic (exact) mass is 428 g/mol. The lowest BCUT2D eigenvalue weighted by Gasteiger charge is -2.35. The van der Waals surface area contributed by atoms with Crippen LogP contribution in [-0.4, -0.2) is 20.8 Å². The molecule has 0 saturated carbocycles. The van der Waals surface area contributed by atoms with Crippen molar-refractivity contribution >= 4 is 23.2 Å². The van der Waals surface area contributed by atoms with Crippen molar-refractivity contribution in [3.8, 4) is 11.5 Å². The van der Waals surface area contributed by atoms with Crippen LogP contribution in [0.1, 0.15) is 28.3 Å². The maximum absolute atomic E-state index is 6.48. The minimum absolute atomic E-state index is 0.133. The summed E-state index contributed by atoms with van der Waals surface area (Å²) in [6, 6.07) is 20.6. The van der Waals surface area contributed by atoms with Gasteiger partial charge in [0.15, 0.2) is 11.5 Å². The summed E-state index contributed by atoms with van der Waals surface area (Å²) < 4.78 is 11.1. The molecule has 2 atom stereocenters. The van der Waals surface area contributed by atoms with E-state index in [1.165, 1.54) is 21.6 Å². The second-order valence-electron chi connectivity index (χ2n) is 7.32. The van der Waals surface area contributed by atoms with Gasteiger partial charge in [-0.1, -0.05) is 53.5 Å². The lowest BCUT2D eigenvalue weighted by atomic mass is 9.87. The fraction of sp³-hybridized carbons (Fsp3) is 0.250. The Bertz CT molecular complexity index is 1020. The molecule has 1 aliphatic heterocycles. The molecule has 1 heterocycles. The van der Waals surface area contributed by atoms with Crippen LogP contribution in [0, 0.1) is 0 Å². The SMILES string of the molecule is COc1cc2c(cc1OC)[C@H](c1cccc(Cl)c1)[NH+](Cc1ccccc1Cl)CC2. The molecule has 1 unspecified atom stereocenters. The first-order valence-electron chi connectivity index (χ1n) is 9.69. The van der Waals surface area contributed by atoms with Gasteiger partial charge in [-0.05, 0) is 35.9 Å². The van der Waals surface area contributed by atoms with Crippen LogP contribution in [0.4, 0.5) is 0 Å². The summed E-state index contributed by atoms with van der Waals surface area (Å²) in [6.45, 7) is 1.83. The molecular formula is C24H24Cl2NO2+. The zero-order valence-electron chi connectivity index (χ0n) is 16.5. The Kier molecular flexibility index (Phi) is 6.00. The van der Waals surface area contributed by atoms with E-state index < -0.39 is 0 Å². The van der Waals surface area contributed by atoms with E-state index in [2.05, 4.69) is 30.3 Å². The molecule has 4 rings (SSSR count). The maximum Gasteiger partial charge on any atom is 0.161 e. The van der Waals surface area contributed by atoms with Crippen molar-refractivity contribution < 1.29 is 14.4 Å². The van der Waals surface area contributed by atoms with E-state index in [1.54, 1.807) is 14.2 Å². The van der Waals surface area contributed by atoms with E-state index in [1.807, 2.05) is 30.3 Å². The number of fused-ring (bicyclic) bond motifs is 1. The number of hydrogen-bond donors (Lipinski definition) is 1. The van der Waals surface area contributed by atoms with Crippen LogP contribution in [0.2, 0.25) is 10.0 Å². The Morgan fingerprint density at radius 3 is 2.41 bits per heavy atom. The zero-order valence-corrected chi connectivity index (χ0v) is 18.1. The number of hydrogen-bond acceptors (Lipinski definition) is 2. The van der Waals surface area contributed by atoms with Gasteiger partial charge in [-0.25, -0.2) is 0 Å². The lowest BCUT2D eigenvalue weighted by molar-refractivity contribution is -0.941. The number of rotatable bonds is 5. The summed E-state index contributed by atoms with van der Waals surface area (Å²) >= 11 is 12.8. The molecular weight excluding hydrogens is 405 g/mol. The number of nitrogens with one attached hydrogen (secondary N) is 1. The Morgan fingerprint density at radius 1 is 0.931 bits per heavy atom. The van der Waals surface area contributed by atoms with Crippen molar-refractivity contribution in [2.45, 2.75) is 19.0 Å². The molecule has 0 fully saturated rings.